The Morgan fingerprint density at radius 3 is 1.77 bits per heavy atom. The van der Waals surface area contributed by atoms with Crippen molar-refractivity contribution in [3.8, 4) is 5.75 Å². The average Bonchev–Trinajstić information content (AvgIpc) is 4.41. The zero-order valence-electron chi connectivity index (χ0n) is 46.3. The Morgan fingerprint density at radius 1 is 0.631 bits per heavy atom. The van der Waals surface area contributed by atoms with Crippen LogP contribution in [0.4, 0.5) is 9.59 Å². The van der Waals surface area contributed by atoms with Crippen molar-refractivity contribution in [2.45, 2.75) is 86.0 Å². The smallest absolute Gasteiger partial charge is 0.434 e. The van der Waals surface area contributed by atoms with Crippen LogP contribution in [0.3, 0.4) is 0 Å². The number of hydroxylamine groups is 2. The molecule has 25 heteroatoms. The number of sulfonamides is 2. The minimum absolute atomic E-state index is 0.0348. The molecule has 0 aliphatic carbocycles. The summed E-state index contributed by atoms with van der Waals surface area (Å²) in [6.07, 6.45) is -4.03. The summed E-state index contributed by atoms with van der Waals surface area (Å²) in [4.78, 5) is 109. The lowest BCUT2D eigenvalue weighted by atomic mass is 10.0. The van der Waals surface area contributed by atoms with Gasteiger partial charge in [0.25, 0.3) is 11.8 Å². The minimum Gasteiger partial charge on any atom is -0.480 e. The van der Waals surface area contributed by atoms with Gasteiger partial charge in [-0.15, -0.1) is 0 Å². The summed E-state index contributed by atoms with van der Waals surface area (Å²) in [5, 5.41) is 13.5. The van der Waals surface area contributed by atoms with E-state index >= 15 is 9.59 Å². The molecule has 0 spiro atoms. The van der Waals surface area contributed by atoms with E-state index in [1.807, 2.05) is 0 Å². The number of carbonyl (C=O) groups is 7. The normalized spacial score (nSPS) is 19.4. The fourth-order valence-electron chi connectivity index (χ4n) is 10.4. The van der Waals surface area contributed by atoms with Gasteiger partial charge in [-0.1, -0.05) is 96.1 Å². The van der Waals surface area contributed by atoms with Gasteiger partial charge in [0, 0.05) is 82.1 Å². The maximum absolute atomic E-state index is 15.3. The number of rotatable bonds is 17. The van der Waals surface area contributed by atoms with Gasteiger partial charge in [0.15, 0.2) is 6.04 Å². The van der Waals surface area contributed by atoms with Crippen LogP contribution < -0.4 is 10.1 Å². The second-order valence-electron chi connectivity index (χ2n) is 20.9. The molecule has 2 N–H and O–H groups in total. The Bertz CT molecular complexity index is 3420. The van der Waals surface area contributed by atoms with Gasteiger partial charge in [-0.25, -0.2) is 36.0 Å². The van der Waals surface area contributed by atoms with Crippen molar-refractivity contribution in [3.63, 3.8) is 0 Å². The number of carbonyl (C=O) groups excluding carboxylic acids is 6. The maximum Gasteiger partial charge on any atom is 0.434 e. The highest BCUT2D eigenvalue weighted by atomic mass is 32.2. The highest BCUT2D eigenvalue weighted by Crippen LogP contribution is 2.32. The third kappa shape index (κ3) is 14.4. The molecule has 5 amide bonds. The molecular weight excluding hydrogens is 1140 g/mol. The van der Waals surface area contributed by atoms with Crippen molar-refractivity contribution >= 4 is 73.7 Å². The second kappa shape index (κ2) is 26.8. The third-order valence-electron chi connectivity index (χ3n) is 15.1. The van der Waals surface area contributed by atoms with Crippen LogP contribution in [0.5, 0.6) is 5.75 Å². The molecule has 4 saturated heterocycles. The number of carboxylic acids is 1. The first-order valence-electron chi connectivity index (χ1n) is 27.5. The highest BCUT2D eigenvalue weighted by Gasteiger charge is 2.50. The van der Waals surface area contributed by atoms with Crippen LogP contribution in [0.2, 0.25) is 0 Å². The summed E-state index contributed by atoms with van der Waals surface area (Å²) in [7, 11) is -8.97. The standard InChI is InChI=1S/C59H65N7O15S3/c1-40-15-23-47(24-16-40)83(75,76)64-27-9-14-50(64)55(69)66(81-59(74)62-30-28-61(29-31-62)54(68)44-12-7-4-8-13-44)52(37-42-10-5-3-6-11-42)57(72)79-46-38-51(65(39-46)84(77,78)48-25-17-41(2)18-26-48)53(67)60-49(56(70)71)36-43-19-21-45(22-20-43)80-58(73)63-32-34-82-35-33-63/h3-8,10-13,15-26,46,49-52H,9,14,27-39H2,1-2H3,(H,60,67)(H,70,71)/t46?,49-,50-,51-,52-/m0/s1. The quantitative estimate of drug-likeness (QED) is 0.0901. The molecule has 1 unspecified atom stereocenters. The zero-order chi connectivity index (χ0) is 59.7. The topological polar surface area (TPSA) is 267 Å². The molecule has 4 heterocycles. The van der Waals surface area contributed by atoms with Crippen molar-refractivity contribution in [1.29, 1.82) is 0 Å². The number of hydrogen-bond donors (Lipinski definition) is 2. The number of benzene rings is 5. The van der Waals surface area contributed by atoms with E-state index in [2.05, 4.69) is 5.32 Å². The first-order chi connectivity index (χ1) is 40.3. The molecule has 5 aromatic carbocycles. The molecule has 0 saturated carbocycles. The molecule has 9 rings (SSSR count). The molecule has 4 fully saturated rings. The van der Waals surface area contributed by atoms with Crippen molar-refractivity contribution in [2.75, 3.05) is 63.9 Å². The van der Waals surface area contributed by atoms with Crippen molar-refractivity contribution in [3.05, 3.63) is 161 Å². The number of nitrogens with one attached hydrogen (secondary N) is 1. The second-order valence-corrected chi connectivity index (χ2v) is 25.9. The SMILES string of the molecule is Cc1ccc(S(=O)(=O)N2CC(OC(=O)[C@H](Cc3ccccc3)N(OC(=O)N3CCN(C(=O)c4ccccc4)CC3)C(=O)[C@@H]3CCCN3S(=O)(=O)c3ccc(C)cc3)C[C@H]2C(=O)N[C@@H](Cc2ccc(OC(=O)N3CCSCC3)cc2)C(=O)O)cc1. The van der Waals surface area contributed by atoms with Gasteiger partial charge >= 0.3 is 24.1 Å². The van der Waals surface area contributed by atoms with Gasteiger partial charge < -0.3 is 39.4 Å². The van der Waals surface area contributed by atoms with Crippen molar-refractivity contribution in [1.82, 2.24) is 33.7 Å². The van der Waals surface area contributed by atoms with E-state index in [1.165, 1.54) is 53.4 Å². The number of amides is 5. The van der Waals surface area contributed by atoms with Crippen LogP contribution in [0.1, 0.15) is 51.9 Å². The number of thioether (sulfide) groups is 1. The number of carboxylic acid groups (broad SMARTS) is 1. The van der Waals surface area contributed by atoms with Crippen LogP contribution in [-0.2, 0) is 61.6 Å². The molecule has 0 bridgehead atoms. The van der Waals surface area contributed by atoms with E-state index in [0.29, 0.717) is 34.8 Å². The van der Waals surface area contributed by atoms with Gasteiger partial charge in [0.1, 0.15) is 30.0 Å². The molecule has 4 aliphatic heterocycles. The van der Waals surface area contributed by atoms with E-state index in [-0.39, 0.29) is 79.9 Å². The first kappa shape index (κ1) is 60.7. The largest absolute Gasteiger partial charge is 0.480 e. The molecular formula is C59H65N7O15S3. The first-order valence-corrected chi connectivity index (χ1v) is 31.5. The van der Waals surface area contributed by atoms with Crippen LogP contribution >= 0.6 is 11.8 Å². The summed E-state index contributed by atoms with van der Waals surface area (Å²) in [6.45, 7) is 3.94. The highest BCUT2D eigenvalue weighted by molar-refractivity contribution is 7.99. The number of esters is 1. The van der Waals surface area contributed by atoms with E-state index in [9.17, 15) is 45.9 Å². The van der Waals surface area contributed by atoms with Gasteiger partial charge in [-0.3, -0.25) is 14.4 Å². The predicted octanol–water partition coefficient (Wildman–Crippen LogP) is 5.14. The number of nitrogens with zero attached hydrogens (tertiary/aromatic N) is 6. The van der Waals surface area contributed by atoms with Crippen LogP contribution in [0.25, 0.3) is 0 Å². The summed E-state index contributed by atoms with van der Waals surface area (Å²) >= 11 is 1.73. The Kier molecular flexibility index (Phi) is 19.4. The zero-order valence-corrected chi connectivity index (χ0v) is 48.7. The van der Waals surface area contributed by atoms with Crippen LogP contribution in [0.15, 0.2) is 143 Å². The Morgan fingerprint density at radius 2 is 1.18 bits per heavy atom. The fraction of sp³-hybridized carbons (Fsp3) is 0.373. The van der Waals surface area contributed by atoms with Crippen molar-refractivity contribution in [2.24, 2.45) is 0 Å². The number of hydrogen-bond acceptors (Lipinski definition) is 15. The number of aryl methyl sites for hydroxylation is 2. The summed E-state index contributed by atoms with van der Waals surface area (Å²) in [5.74, 6) is -3.26. The molecule has 5 atom stereocenters. The van der Waals surface area contributed by atoms with Gasteiger partial charge in [0.05, 0.1) is 16.3 Å². The molecule has 84 heavy (non-hydrogen) atoms. The van der Waals surface area contributed by atoms with Crippen LogP contribution in [0, 0.1) is 13.8 Å². The minimum atomic E-state index is -4.60. The average molecular weight is 1210 g/mol. The monoisotopic (exact) mass is 1210 g/mol. The maximum atomic E-state index is 15.3. The van der Waals surface area contributed by atoms with Gasteiger partial charge in [-0.2, -0.15) is 25.4 Å². The van der Waals surface area contributed by atoms with Gasteiger partial charge in [0.2, 0.25) is 26.0 Å². The van der Waals surface area contributed by atoms with E-state index in [4.69, 9.17) is 14.3 Å². The lowest BCUT2D eigenvalue weighted by Crippen LogP contribution is -2.57. The number of ether oxygens (including phenoxy) is 2. The van der Waals surface area contributed by atoms with Gasteiger partial charge in [-0.05, 0) is 86.3 Å². The lowest BCUT2D eigenvalue weighted by Gasteiger charge is -2.37. The molecule has 22 nitrogen and oxygen atoms in total. The third-order valence-corrected chi connectivity index (χ3v) is 19.8. The van der Waals surface area contributed by atoms with Crippen LogP contribution in [-0.4, -0.2) is 186 Å². The molecule has 5 aromatic rings. The number of piperazine rings is 1. The Hall–Kier alpha value is -7.84. The Balaban J connectivity index is 0.995. The summed E-state index contributed by atoms with van der Waals surface area (Å²) in [5.41, 5.74) is 2.82. The molecule has 0 radical (unpaired) electrons. The summed E-state index contributed by atoms with van der Waals surface area (Å²) < 4.78 is 71.4. The van der Waals surface area contributed by atoms with E-state index < -0.39 is 99.2 Å². The molecule has 0 aromatic heterocycles. The Labute approximate surface area is 491 Å². The molecule has 444 valence electrons. The predicted molar refractivity (Wildman–Crippen MR) is 307 cm³/mol. The van der Waals surface area contributed by atoms with E-state index in [0.717, 1.165) is 31.2 Å². The number of aliphatic carboxylic acids is 1. The molecule has 4 aliphatic rings. The lowest BCUT2D eigenvalue weighted by molar-refractivity contribution is -0.195. The fourth-order valence-corrected chi connectivity index (χ4v) is 14.6. The summed E-state index contributed by atoms with van der Waals surface area (Å²) in [6, 6.07) is 28.2. The van der Waals surface area contributed by atoms with Crippen molar-refractivity contribution < 1.29 is 69.8 Å². The van der Waals surface area contributed by atoms with E-state index in [1.54, 1.807) is 120 Å².